The van der Waals surface area contributed by atoms with E-state index in [2.05, 4.69) is 19.1 Å². The Bertz CT molecular complexity index is 673. The molecule has 5 heteroatoms. The van der Waals surface area contributed by atoms with Crippen LogP contribution in [0.4, 0.5) is 4.79 Å². The van der Waals surface area contributed by atoms with Crippen LogP contribution in [-0.4, -0.2) is 34.8 Å². The molecule has 24 heavy (non-hydrogen) atoms. The van der Waals surface area contributed by atoms with E-state index in [1.165, 1.54) is 15.4 Å². The first kappa shape index (κ1) is 18.6. The number of amides is 2. The van der Waals surface area contributed by atoms with Crippen LogP contribution in [-0.2, 0) is 9.53 Å². The molecular weight excluding hydrogens is 322 g/mol. The maximum atomic E-state index is 12.5. The Kier molecular flexibility index (Phi) is 5.75. The van der Waals surface area contributed by atoms with E-state index in [-0.39, 0.29) is 5.91 Å². The maximum absolute atomic E-state index is 12.5. The van der Waals surface area contributed by atoms with Crippen LogP contribution in [0.5, 0.6) is 0 Å². The van der Waals surface area contributed by atoms with Crippen molar-refractivity contribution in [2.75, 3.05) is 12.3 Å². The summed E-state index contributed by atoms with van der Waals surface area (Å²) in [5, 5.41) is 0. The summed E-state index contributed by atoms with van der Waals surface area (Å²) in [5.41, 5.74) is 2.33. The summed E-state index contributed by atoms with van der Waals surface area (Å²) >= 11 is 1.74. The Labute approximate surface area is 148 Å². The highest BCUT2D eigenvalue weighted by atomic mass is 32.2. The number of imide groups is 1. The minimum atomic E-state index is -0.602. The highest BCUT2D eigenvalue weighted by Gasteiger charge is 2.34. The minimum absolute atomic E-state index is 0.216. The van der Waals surface area contributed by atoms with Gasteiger partial charge in [0.15, 0.2) is 0 Å². The highest BCUT2D eigenvalue weighted by Crippen LogP contribution is 2.28. The molecule has 4 nitrogen and oxygen atoms in total. The third kappa shape index (κ3) is 4.63. The zero-order valence-corrected chi connectivity index (χ0v) is 15.8. The zero-order chi connectivity index (χ0) is 17.9. The average molecular weight is 347 g/mol. The van der Waals surface area contributed by atoms with Gasteiger partial charge in [-0.3, -0.25) is 4.79 Å². The number of hydrogen-bond donors (Lipinski definition) is 0. The van der Waals surface area contributed by atoms with Crippen LogP contribution in [0.3, 0.4) is 0 Å². The van der Waals surface area contributed by atoms with Crippen LogP contribution < -0.4 is 0 Å². The topological polar surface area (TPSA) is 46.6 Å². The number of hydrogen-bond acceptors (Lipinski definition) is 4. The molecule has 0 atom stereocenters. The van der Waals surface area contributed by atoms with Crippen LogP contribution in [0.25, 0.3) is 0 Å². The van der Waals surface area contributed by atoms with Gasteiger partial charge in [0.05, 0.1) is 6.54 Å². The molecule has 1 heterocycles. The van der Waals surface area contributed by atoms with Crippen molar-refractivity contribution in [1.29, 1.82) is 0 Å². The standard InChI is InChI=1S/C19H25NO3S/c1-13-8-6-7-9-16(13)24-11-10-15-14(2)12-20(17(15)21)18(22)23-19(3,4)5/h6-9H,10-12H2,1-5H3. The van der Waals surface area contributed by atoms with Gasteiger partial charge < -0.3 is 4.74 Å². The molecule has 1 aromatic rings. The number of aryl methyl sites for hydroxylation is 1. The van der Waals surface area contributed by atoms with E-state index >= 15 is 0 Å². The fraction of sp³-hybridized carbons (Fsp3) is 0.474. The summed E-state index contributed by atoms with van der Waals surface area (Å²) in [4.78, 5) is 27.1. The number of carbonyl (C=O) groups is 2. The van der Waals surface area contributed by atoms with Crippen LogP contribution in [0.1, 0.15) is 39.7 Å². The summed E-state index contributed by atoms with van der Waals surface area (Å²) in [6.07, 6.45) is 0.0941. The lowest BCUT2D eigenvalue weighted by Gasteiger charge is -2.23. The second-order valence-electron chi connectivity index (χ2n) is 6.99. The van der Waals surface area contributed by atoms with Crippen molar-refractivity contribution < 1.29 is 14.3 Å². The smallest absolute Gasteiger partial charge is 0.417 e. The lowest BCUT2D eigenvalue weighted by molar-refractivity contribution is -0.124. The van der Waals surface area contributed by atoms with Gasteiger partial charge in [0.1, 0.15) is 5.60 Å². The maximum Gasteiger partial charge on any atom is 0.417 e. The molecule has 130 valence electrons. The summed E-state index contributed by atoms with van der Waals surface area (Å²) in [6.45, 7) is 9.72. The Morgan fingerprint density at radius 2 is 1.92 bits per heavy atom. The Balaban J connectivity index is 1.94. The highest BCUT2D eigenvalue weighted by molar-refractivity contribution is 7.99. The predicted molar refractivity (Wildman–Crippen MR) is 97.2 cm³/mol. The largest absolute Gasteiger partial charge is 0.443 e. The van der Waals surface area contributed by atoms with Crippen molar-refractivity contribution in [1.82, 2.24) is 4.90 Å². The number of thioether (sulfide) groups is 1. The molecule has 2 rings (SSSR count). The molecule has 0 spiro atoms. The van der Waals surface area contributed by atoms with Gasteiger partial charge in [0.25, 0.3) is 5.91 Å². The Morgan fingerprint density at radius 3 is 2.54 bits per heavy atom. The van der Waals surface area contributed by atoms with Crippen LogP contribution >= 0.6 is 11.8 Å². The average Bonchev–Trinajstić information content (AvgIpc) is 2.75. The van der Waals surface area contributed by atoms with Crippen molar-refractivity contribution in [2.24, 2.45) is 0 Å². The van der Waals surface area contributed by atoms with E-state index in [0.29, 0.717) is 13.0 Å². The van der Waals surface area contributed by atoms with E-state index in [1.807, 2.05) is 19.1 Å². The third-order valence-electron chi connectivity index (χ3n) is 3.73. The van der Waals surface area contributed by atoms with Crippen molar-refractivity contribution in [3.63, 3.8) is 0 Å². The number of rotatable bonds is 4. The normalized spacial score (nSPS) is 15.2. The van der Waals surface area contributed by atoms with Crippen LogP contribution in [0.2, 0.25) is 0 Å². The lowest BCUT2D eigenvalue weighted by Crippen LogP contribution is -2.38. The first-order valence-electron chi connectivity index (χ1n) is 8.11. The molecule has 0 aromatic heterocycles. The molecule has 1 aromatic carbocycles. The molecule has 0 aliphatic carbocycles. The van der Waals surface area contributed by atoms with Gasteiger partial charge in [0.2, 0.25) is 0 Å². The van der Waals surface area contributed by atoms with Gasteiger partial charge in [-0.05, 0) is 58.2 Å². The molecule has 0 bridgehead atoms. The summed E-state index contributed by atoms with van der Waals surface area (Å²) in [6, 6.07) is 8.21. The quantitative estimate of drug-likeness (QED) is 0.749. The van der Waals surface area contributed by atoms with Gasteiger partial charge in [-0.2, -0.15) is 0 Å². The van der Waals surface area contributed by atoms with Crippen LogP contribution in [0, 0.1) is 6.92 Å². The summed E-state index contributed by atoms with van der Waals surface area (Å²) in [7, 11) is 0. The van der Waals surface area contributed by atoms with Crippen LogP contribution in [0.15, 0.2) is 40.3 Å². The first-order chi connectivity index (χ1) is 11.2. The molecule has 1 aliphatic rings. The Hall–Kier alpha value is -1.75. The number of nitrogens with zero attached hydrogens (tertiary/aromatic N) is 1. The lowest BCUT2D eigenvalue weighted by atomic mass is 10.1. The third-order valence-corrected chi connectivity index (χ3v) is 4.91. The van der Waals surface area contributed by atoms with Gasteiger partial charge in [0, 0.05) is 16.2 Å². The van der Waals surface area contributed by atoms with E-state index in [1.54, 1.807) is 32.5 Å². The molecular formula is C19H25NO3S. The minimum Gasteiger partial charge on any atom is -0.443 e. The molecule has 0 saturated carbocycles. The van der Waals surface area contributed by atoms with E-state index in [9.17, 15) is 9.59 Å². The van der Waals surface area contributed by atoms with E-state index in [4.69, 9.17) is 4.74 Å². The molecule has 0 unspecified atom stereocenters. The fourth-order valence-corrected chi connectivity index (χ4v) is 3.51. The van der Waals surface area contributed by atoms with Crippen molar-refractivity contribution >= 4 is 23.8 Å². The molecule has 1 aliphatic heterocycles. The second-order valence-corrected chi connectivity index (χ2v) is 8.13. The number of benzene rings is 1. The summed E-state index contributed by atoms with van der Waals surface area (Å²) < 4.78 is 5.31. The fourth-order valence-electron chi connectivity index (χ4n) is 2.52. The monoisotopic (exact) mass is 347 g/mol. The second kappa shape index (κ2) is 7.43. The van der Waals surface area contributed by atoms with E-state index in [0.717, 1.165) is 16.9 Å². The molecule has 0 fully saturated rings. The predicted octanol–water partition coefficient (Wildman–Crippen LogP) is 4.57. The van der Waals surface area contributed by atoms with Crippen molar-refractivity contribution in [3.05, 3.63) is 41.0 Å². The van der Waals surface area contributed by atoms with Gasteiger partial charge in [-0.25, -0.2) is 9.69 Å². The van der Waals surface area contributed by atoms with E-state index < -0.39 is 11.7 Å². The molecule has 0 saturated heterocycles. The zero-order valence-electron chi connectivity index (χ0n) is 15.0. The number of carbonyl (C=O) groups excluding carboxylic acids is 2. The molecule has 0 N–H and O–H groups in total. The molecule has 2 amide bonds. The summed E-state index contributed by atoms with van der Waals surface area (Å²) in [5.74, 6) is 0.595. The Morgan fingerprint density at radius 1 is 1.25 bits per heavy atom. The van der Waals surface area contributed by atoms with Gasteiger partial charge in [-0.1, -0.05) is 18.2 Å². The SMILES string of the molecule is CC1=C(CCSc2ccccc2C)C(=O)N(C(=O)OC(C)(C)C)C1. The van der Waals surface area contributed by atoms with Gasteiger partial charge in [-0.15, -0.1) is 11.8 Å². The first-order valence-corrected chi connectivity index (χ1v) is 9.09. The molecule has 0 radical (unpaired) electrons. The van der Waals surface area contributed by atoms with Crippen molar-refractivity contribution in [2.45, 2.75) is 51.5 Å². The van der Waals surface area contributed by atoms with Crippen molar-refractivity contribution in [3.8, 4) is 0 Å². The number of ether oxygens (including phenoxy) is 1. The van der Waals surface area contributed by atoms with Gasteiger partial charge >= 0.3 is 6.09 Å².